The van der Waals surface area contributed by atoms with Crippen molar-refractivity contribution in [1.29, 1.82) is 0 Å². The molecule has 0 aliphatic carbocycles. The first kappa shape index (κ1) is 14.8. The molecule has 20 heavy (non-hydrogen) atoms. The number of thiocarbonyl (C=S) groups is 1. The smallest absolute Gasteiger partial charge is 0.262 e. The highest BCUT2D eigenvalue weighted by atomic mass is 35.5. The topological polar surface area (TPSA) is 72.2 Å². The molecule has 0 aromatic heterocycles. The van der Waals surface area contributed by atoms with E-state index in [9.17, 15) is 8.42 Å². The van der Waals surface area contributed by atoms with Crippen LogP contribution in [0.2, 0.25) is 5.02 Å². The second kappa shape index (κ2) is 5.78. The molecule has 0 saturated carbocycles. The van der Waals surface area contributed by atoms with E-state index in [1.54, 1.807) is 36.4 Å². The third kappa shape index (κ3) is 3.27. The molecule has 0 radical (unpaired) electrons. The van der Waals surface area contributed by atoms with Crippen molar-refractivity contribution in [1.82, 2.24) is 0 Å². The quantitative estimate of drug-likeness (QED) is 0.847. The lowest BCUT2D eigenvalue weighted by molar-refractivity contribution is 0.601. The minimum Gasteiger partial charge on any atom is -0.389 e. The van der Waals surface area contributed by atoms with E-state index in [0.29, 0.717) is 16.3 Å². The summed E-state index contributed by atoms with van der Waals surface area (Å²) in [6.07, 6.45) is 0. The lowest BCUT2D eigenvalue weighted by Crippen LogP contribution is -2.19. The summed E-state index contributed by atoms with van der Waals surface area (Å²) in [5.74, 6) is 0. The van der Waals surface area contributed by atoms with Crippen molar-refractivity contribution >= 4 is 44.5 Å². The van der Waals surface area contributed by atoms with Gasteiger partial charge in [0.05, 0.1) is 10.6 Å². The Labute approximate surface area is 127 Å². The first-order chi connectivity index (χ1) is 9.40. The average Bonchev–Trinajstić information content (AvgIpc) is 2.38. The highest BCUT2D eigenvalue weighted by molar-refractivity contribution is 7.93. The number of hydrogen-bond acceptors (Lipinski definition) is 3. The first-order valence-electron chi connectivity index (χ1n) is 5.57. The predicted molar refractivity (Wildman–Crippen MR) is 84.6 cm³/mol. The molecule has 2 aromatic carbocycles. The van der Waals surface area contributed by atoms with Gasteiger partial charge in [0.2, 0.25) is 0 Å². The monoisotopic (exact) mass is 326 g/mol. The Bertz CT molecular complexity index is 760. The molecule has 104 valence electrons. The minimum atomic E-state index is -3.78. The number of benzene rings is 2. The van der Waals surface area contributed by atoms with E-state index in [1.165, 1.54) is 12.1 Å². The molecule has 0 bridgehead atoms. The summed E-state index contributed by atoms with van der Waals surface area (Å²) >= 11 is 10.7. The molecule has 0 aliphatic rings. The molecule has 2 rings (SSSR count). The van der Waals surface area contributed by atoms with Gasteiger partial charge < -0.3 is 5.73 Å². The normalized spacial score (nSPS) is 11.1. The van der Waals surface area contributed by atoms with Crippen LogP contribution in [0, 0.1) is 0 Å². The summed E-state index contributed by atoms with van der Waals surface area (Å²) in [5.41, 5.74) is 6.22. The van der Waals surface area contributed by atoms with E-state index < -0.39 is 10.0 Å². The highest BCUT2D eigenvalue weighted by Crippen LogP contribution is 2.21. The van der Waals surface area contributed by atoms with Crippen molar-refractivity contribution in [2.45, 2.75) is 4.90 Å². The van der Waals surface area contributed by atoms with Crippen molar-refractivity contribution in [3.8, 4) is 0 Å². The van der Waals surface area contributed by atoms with E-state index in [4.69, 9.17) is 29.6 Å². The van der Waals surface area contributed by atoms with Crippen LogP contribution >= 0.6 is 23.8 Å². The summed E-state index contributed by atoms with van der Waals surface area (Å²) in [4.78, 5) is 0.0598. The number of anilines is 1. The molecule has 7 heteroatoms. The van der Waals surface area contributed by atoms with Crippen molar-refractivity contribution < 1.29 is 8.42 Å². The molecule has 2 aromatic rings. The maximum Gasteiger partial charge on any atom is 0.262 e. The molecule has 0 saturated heterocycles. The Morgan fingerprint density at radius 3 is 2.50 bits per heavy atom. The van der Waals surface area contributed by atoms with Gasteiger partial charge in [0, 0.05) is 10.6 Å². The van der Waals surface area contributed by atoms with E-state index in [-0.39, 0.29) is 9.88 Å². The van der Waals surface area contributed by atoms with Gasteiger partial charge in [-0.25, -0.2) is 8.42 Å². The van der Waals surface area contributed by atoms with Crippen LogP contribution in [0.4, 0.5) is 5.69 Å². The summed E-state index contributed by atoms with van der Waals surface area (Å²) in [5, 5.41) is 0.438. The summed E-state index contributed by atoms with van der Waals surface area (Å²) in [6, 6.07) is 12.7. The number of nitrogens with one attached hydrogen (secondary N) is 1. The zero-order chi connectivity index (χ0) is 14.8. The zero-order valence-electron chi connectivity index (χ0n) is 10.2. The molecule has 3 N–H and O–H groups in total. The van der Waals surface area contributed by atoms with E-state index in [0.717, 1.165) is 0 Å². The predicted octanol–water partition coefficient (Wildman–Crippen LogP) is 2.78. The molecule has 0 unspecified atom stereocenters. The molecule has 0 heterocycles. The van der Waals surface area contributed by atoms with Gasteiger partial charge >= 0.3 is 0 Å². The second-order valence-corrected chi connectivity index (χ2v) is 6.50. The van der Waals surface area contributed by atoms with Gasteiger partial charge in [0.25, 0.3) is 10.0 Å². The lowest BCUT2D eigenvalue weighted by atomic mass is 10.2. The van der Waals surface area contributed by atoms with Gasteiger partial charge in [0.15, 0.2) is 0 Å². The van der Waals surface area contributed by atoms with Crippen molar-refractivity contribution in [3.63, 3.8) is 0 Å². The van der Waals surface area contributed by atoms with Crippen molar-refractivity contribution in [3.05, 3.63) is 59.1 Å². The Morgan fingerprint density at radius 1 is 1.15 bits per heavy atom. The standard InChI is InChI=1S/C13H11ClN2O2S2/c14-9-4-3-5-10(8-9)16-20(17,18)12-7-2-1-6-11(12)13(15)19/h1-8,16H,(H2,15,19). The number of rotatable bonds is 4. The van der Waals surface area contributed by atoms with E-state index in [1.807, 2.05) is 0 Å². The third-order valence-corrected chi connectivity index (χ3v) is 4.41. The van der Waals surface area contributed by atoms with E-state index in [2.05, 4.69) is 4.72 Å². The van der Waals surface area contributed by atoms with E-state index >= 15 is 0 Å². The van der Waals surface area contributed by atoms with Crippen molar-refractivity contribution in [2.75, 3.05) is 4.72 Å². The molecule has 0 spiro atoms. The largest absolute Gasteiger partial charge is 0.389 e. The Hall–Kier alpha value is -1.63. The summed E-state index contributed by atoms with van der Waals surface area (Å²) in [7, 11) is -3.78. The maximum absolute atomic E-state index is 12.4. The Balaban J connectivity index is 2.44. The fraction of sp³-hybridized carbons (Fsp3) is 0. The third-order valence-electron chi connectivity index (χ3n) is 2.52. The van der Waals surface area contributed by atoms with Crippen LogP contribution in [0.3, 0.4) is 0 Å². The SMILES string of the molecule is NC(=S)c1ccccc1S(=O)(=O)Nc1cccc(Cl)c1. The summed E-state index contributed by atoms with van der Waals surface area (Å²) in [6.45, 7) is 0. The number of halogens is 1. The average molecular weight is 327 g/mol. The fourth-order valence-corrected chi connectivity index (χ4v) is 3.37. The van der Waals surface area contributed by atoms with Crippen LogP contribution in [0.5, 0.6) is 0 Å². The molecule has 0 atom stereocenters. The van der Waals surface area contributed by atoms with Crippen LogP contribution in [0.1, 0.15) is 5.56 Å². The maximum atomic E-state index is 12.4. The highest BCUT2D eigenvalue weighted by Gasteiger charge is 2.19. The van der Waals surface area contributed by atoms with Crippen LogP contribution in [0.15, 0.2) is 53.4 Å². The number of nitrogens with two attached hydrogens (primary N) is 1. The van der Waals surface area contributed by atoms with Crippen LogP contribution in [0.25, 0.3) is 0 Å². The molecule has 0 fully saturated rings. The first-order valence-corrected chi connectivity index (χ1v) is 7.84. The van der Waals surface area contributed by atoms with Crippen LogP contribution in [-0.4, -0.2) is 13.4 Å². The Morgan fingerprint density at radius 2 is 1.85 bits per heavy atom. The van der Waals surface area contributed by atoms with Crippen LogP contribution in [-0.2, 0) is 10.0 Å². The van der Waals surface area contributed by atoms with Gasteiger partial charge in [-0.1, -0.05) is 48.1 Å². The fourth-order valence-electron chi connectivity index (χ4n) is 1.67. The zero-order valence-corrected chi connectivity index (χ0v) is 12.6. The van der Waals surface area contributed by atoms with Crippen molar-refractivity contribution in [2.24, 2.45) is 5.73 Å². The number of hydrogen-bond donors (Lipinski definition) is 2. The molecule has 4 nitrogen and oxygen atoms in total. The van der Waals surface area contributed by atoms with Gasteiger partial charge in [-0.2, -0.15) is 0 Å². The number of sulfonamides is 1. The second-order valence-electron chi connectivity index (χ2n) is 3.98. The molecule has 0 aliphatic heterocycles. The Kier molecular flexibility index (Phi) is 4.27. The minimum absolute atomic E-state index is 0.0251. The molecular formula is C13H11ClN2O2S2. The molecule has 0 amide bonds. The van der Waals surface area contributed by atoms with Gasteiger partial charge in [-0.15, -0.1) is 0 Å². The summed E-state index contributed by atoms with van der Waals surface area (Å²) < 4.78 is 27.2. The van der Waals surface area contributed by atoms with Gasteiger partial charge in [-0.3, -0.25) is 4.72 Å². The van der Waals surface area contributed by atoms with Gasteiger partial charge in [0.1, 0.15) is 4.99 Å². The van der Waals surface area contributed by atoms with Crippen LogP contribution < -0.4 is 10.5 Å². The lowest BCUT2D eigenvalue weighted by Gasteiger charge is -2.11. The van der Waals surface area contributed by atoms with Gasteiger partial charge in [-0.05, 0) is 24.3 Å². The molecular weight excluding hydrogens is 316 g/mol.